The molecular formula is C9H6FNO4S. The van der Waals surface area contributed by atoms with E-state index in [2.05, 4.69) is 4.99 Å². The van der Waals surface area contributed by atoms with Crippen LogP contribution in [0.3, 0.4) is 0 Å². The van der Waals surface area contributed by atoms with E-state index in [9.17, 15) is 21.9 Å². The first-order valence-corrected chi connectivity index (χ1v) is 5.45. The number of rotatable bonds is 4. The Morgan fingerprint density at radius 1 is 1.38 bits per heavy atom. The van der Waals surface area contributed by atoms with E-state index >= 15 is 0 Å². The molecule has 16 heavy (non-hydrogen) atoms. The summed E-state index contributed by atoms with van der Waals surface area (Å²) in [5.74, 6) is -0.764. The summed E-state index contributed by atoms with van der Waals surface area (Å²) in [6.45, 7) is -0.559. The number of carbonyl (C=O) groups is 1. The third kappa shape index (κ3) is 2.82. The summed E-state index contributed by atoms with van der Waals surface area (Å²) in [4.78, 5) is 23.4. The Labute approximate surface area is 90.8 Å². The number of isocyanates is 1. The zero-order valence-electron chi connectivity index (χ0n) is 7.88. The predicted octanol–water partition coefficient (Wildman–Crippen LogP) is 0.863. The third-order valence-electron chi connectivity index (χ3n) is 1.74. The Morgan fingerprint density at radius 2 is 2.00 bits per heavy atom. The smallest absolute Gasteiger partial charge is 0.292 e. The highest BCUT2D eigenvalue weighted by Gasteiger charge is 2.20. The number of halogens is 1. The Hall–Kier alpha value is -1.85. The maximum absolute atomic E-state index is 12.8. The van der Waals surface area contributed by atoms with Crippen molar-refractivity contribution in [2.45, 2.75) is 4.90 Å². The van der Waals surface area contributed by atoms with E-state index in [1.807, 2.05) is 0 Å². The molecule has 84 valence electrons. The van der Waals surface area contributed by atoms with Crippen molar-refractivity contribution in [2.75, 3.05) is 6.54 Å². The fourth-order valence-electron chi connectivity index (χ4n) is 1.10. The molecule has 0 aliphatic rings. The molecular weight excluding hydrogens is 237 g/mol. The zero-order valence-corrected chi connectivity index (χ0v) is 8.70. The minimum atomic E-state index is -4.96. The van der Waals surface area contributed by atoms with Gasteiger partial charge in [0.25, 0.3) is 0 Å². The molecule has 5 nitrogen and oxygen atoms in total. The second-order valence-corrected chi connectivity index (χ2v) is 4.08. The van der Waals surface area contributed by atoms with E-state index in [0.29, 0.717) is 0 Å². The van der Waals surface area contributed by atoms with Crippen molar-refractivity contribution in [2.24, 2.45) is 4.99 Å². The predicted molar refractivity (Wildman–Crippen MR) is 52.1 cm³/mol. The number of carbonyl (C=O) groups excluding carboxylic acids is 2. The summed E-state index contributed by atoms with van der Waals surface area (Å²) >= 11 is 0. The quantitative estimate of drug-likeness (QED) is 0.340. The van der Waals surface area contributed by atoms with E-state index in [0.717, 1.165) is 18.2 Å². The van der Waals surface area contributed by atoms with Crippen molar-refractivity contribution in [1.29, 1.82) is 0 Å². The van der Waals surface area contributed by atoms with Crippen LogP contribution in [-0.2, 0) is 15.0 Å². The van der Waals surface area contributed by atoms with Gasteiger partial charge in [0.05, 0.1) is 0 Å². The molecule has 1 rings (SSSR count). The highest BCUT2D eigenvalue weighted by atomic mass is 32.3. The van der Waals surface area contributed by atoms with E-state index < -0.39 is 27.4 Å². The summed E-state index contributed by atoms with van der Waals surface area (Å²) in [5.41, 5.74) is -0.330. The van der Waals surface area contributed by atoms with Crippen LogP contribution in [0.25, 0.3) is 0 Å². The Kier molecular flexibility index (Phi) is 3.65. The molecule has 0 N–H and O–H groups in total. The molecule has 7 heteroatoms. The van der Waals surface area contributed by atoms with Gasteiger partial charge in [-0.3, -0.25) is 4.79 Å². The standard InChI is InChI=1S/C9H6FNO4S/c10-16(14,15)9-4-2-1-3-7(9)8(13)5-11-6-12/h1-4H,5H2. The van der Waals surface area contributed by atoms with Crippen molar-refractivity contribution in [1.82, 2.24) is 0 Å². The average molecular weight is 243 g/mol. The van der Waals surface area contributed by atoms with Crippen LogP contribution in [0, 0.1) is 0 Å². The monoisotopic (exact) mass is 243 g/mol. The van der Waals surface area contributed by atoms with Crippen LogP contribution < -0.4 is 0 Å². The minimum absolute atomic E-state index is 0.330. The zero-order chi connectivity index (χ0) is 12.2. The van der Waals surface area contributed by atoms with Gasteiger partial charge in [0.1, 0.15) is 11.4 Å². The largest absolute Gasteiger partial charge is 0.332 e. The van der Waals surface area contributed by atoms with E-state index in [4.69, 9.17) is 0 Å². The highest BCUT2D eigenvalue weighted by molar-refractivity contribution is 7.86. The minimum Gasteiger partial charge on any atom is -0.292 e. The lowest BCUT2D eigenvalue weighted by Crippen LogP contribution is -2.08. The van der Waals surface area contributed by atoms with Crippen molar-refractivity contribution >= 4 is 22.1 Å². The molecule has 0 aromatic heterocycles. The lowest BCUT2D eigenvalue weighted by atomic mass is 10.1. The lowest BCUT2D eigenvalue weighted by molar-refractivity contribution is 0.0998. The molecule has 0 saturated heterocycles. The first-order chi connectivity index (χ1) is 7.46. The number of aliphatic imine (C=N–C) groups is 1. The van der Waals surface area contributed by atoms with Gasteiger partial charge in [-0.1, -0.05) is 12.1 Å². The van der Waals surface area contributed by atoms with Gasteiger partial charge in [-0.15, -0.1) is 3.89 Å². The van der Waals surface area contributed by atoms with Crippen LogP contribution in [0.1, 0.15) is 10.4 Å². The number of Topliss-reactive ketones (excluding diaryl/α,β-unsaturated/α-hetero) is 1. The van der Waals surface area contributed by atoms with E-state index in [-0.39, 0.29) is 5.56 Å². The van der Waals surface area contributed by atoms with Gasteiger partial charge < -0.3 is 0 Å². The molecule has 1 aromatic carbocycles. The van der Waals surface area contributed by atoms with E-state index in [1.165, 1.54) is 12.1 Å². The topological polar surface area (TPSA) is 80.6 Å². The summed E-state index contributed by atoms with van der Waals surface area (Å²) < 4.78 is 34.2. The first-order valence-electron chi connectivity index (χ1n) is 4.07. The molecule has 1 aromatic rings. The number of hydrogen-bond donors (Lipinski definition) is 0. The van der Waals surface area contributed by atoms with Crippen molar-refractivity contribution < 1.29 is 21.9 Å². The second-order valence-electron chi connectivity index (χ2n) is 2.76. The number of benzene rings is 1. The fourth-order valence-corrected chi connectivity index (χ4v) is 1.78. The van der Waals surface area contributed by atoms with E-state index in [1.54, 1.807) is 0 Å². The number of nitrogens with zero attached hydrogens (tertiary/aromatic N) is 1. The summed E-state index contributed by atoms with van der Waals surface area (Å²) in [6, 6.07) is 4.78. The Balaban J connectivity index is 3.24. The molecule has 0 spiro atoms. The van der Waals surface area contributed by atoms with Crippen LogP contribution in [-0.4, -0.2) is 26.8 Å². The van der Waals surface area contributed by atoms with Gasteiger partial charge in [-0.25, -0.2) is 4.79 Å². The summed E-state index contributed by atoms with van der Waals surface area (Å²) in [5, 5.41) is 0. The SMILES string of the molecule is O=C=NCC(=O)c1ccccc1S(=O)(=O)F. The molecule has 0 radical (unpaired) electrons. The van der Waals surface area contributed by atoms with Crippen LogP contribution in [0.4, 0.5) is 3.89 Å². The van der Waals surface area contributed by atoms with Gasteiger partial charge >= 0.3 is 10.2 Å². The van der Waals surface area contributed by atoms with Gasteiger partial charge in [0, 0.05) is 5.56 Å². The second kappa shape index (κ2) is 4.78. The molecule has 0 amide bonds. The van der Waals surface area contributed by atoms with Crippen LogP contribution in [0.15, 0.2) is 34.2 Å². The van der Waals surface area contributed by atoms with Crippen molar-refractivity contribution in [3.8, 4) is 0 Å². The number of ketones is 1. The van der Waals surface area contributed by atoms with Crippen LogP contribution >= 0.6 is 0 Å². The van der Waals surface area contributed by atoms with Crippen LogP contribution in [0.5, 0.6) is 0 Å². The molecule has 0 aliphatic heterocycles. The molecule has 0 aliphatic carbocycles. The molecule has 0 atom stereocenters. The van der Waals surface area contributed by atoms with Gasteiger partial charge in [-0.2, -0.15) is 13.4 Å². The molecule has 0 bridgehead atoms. The lowest BCUT2D eigenvalue weighted by Gasteiger charge is -2.02. The Bertz CT molecular complexity index is 561. The highest BCUT2D eigenvalue weighted by Crippen LogP contribution is 2.18. The van der Waals surface area contributed by atoms with Crippen molar-refractivity contribution in [3.05, 3.63) is 29.8 Å². The van der Waals surface area contributed by atoms with Gasteiger partial charge in [0.2, 0.25) is 6.08 Å². The fraction of sp³-hybridized carbons (Fsp3) is 0.111. The Morgan fingerprint density at radius 3 is 2.56 bits per heavy atom. The molecule has 0 saturated carbocycles. The third-order valence-corrected chi connectivity index (χ3v) is 2.62. The molecule has 0 heterocycles. The van der Waals surface area contributed by atoms with Gasteiger partial charge in [-0.05, 0) is 12.1 Å². The van der Waals surface area contributed by atoms with Crippen molar-refractivity contribution in [3.63, 3.8) is 0 Å². The maximum Gasteiger partial charge on any atom is 0.332 e. The average Bonchev–Trinajstić information content (AvgIpc) is 2.24. The van der Waals surface area contributed by atoms with Crippen LogP contribution in [0.2, 0.25) is 0 Å². The van der Waals surface area contributed by atoms with Gasteiger partial charge in [0.15, 0.2) is 5.78 Å². The number of hydrogen-bond acceptors (Lipinski definition) is 5. The molecule has 0 fully saturated rings. The summed E-state index contributed by atoms with van der Waals surface area (Å²) in [6.07, 6.45) is 1.14. The molecule has 0 unspecified atom stereocenters. The maximum atomic E-state index is 12.8. The first kappa shape index (κ1) is 12.2. The normalized spacial score (nSPS) is 10.6. The summed E-state index contributed by atoms with van der Waals surface area (Å²) in [7, 11) is -4.96.